The van der Waals surface area contributed by atoms with Crippen molar-refractivity contribution in [3.05, 3.63) is 0 Å². The molecule has 0 unspecified atom stereocenters. The Morgan fingerprint density at radius 1 is 1.47 bits per heavy atom. The minimum atomic E-state index is -1.28. The van der Waals surface area contributed by atoms with E-state index in [1.165, 1.54) is 0 Å². The molecule has 0 radical (unpaired) electrons. The topological polar surface area (TPSA) is 66.8 Å². The normalized spacial score (nSPS) is 31.3. The molecule has 1 saturated carbocycles. The third-order valence-corrected chi connectivity index (χ3v) is 3.13. The van der Waals surface area contributed by atoms with Crippen molar-refractivity contribution in [1.82, 2.24) is 0 Å². The van der Waals surface area contributed by atoms with E-state index >= 15 is 0 Å². The first-order chi connectivity index (χ1) is 7.12. The molecule has 88 valence electrons. The van der Waals surface area contributed by atoms with Gasteiger partial charge in [0.1, 0.15) is 0 Å². The van der Waals surface area contributed by atoms with Crippen LogP contribution < -0.4 is 0 Å². The lowest BCUT2D eigenvalue weighted by Gasteiger charge is -2.33. The van der Waals surface area contributed by atoms with Crippen LogP contribution in [-0.2, 0) is 9.53 Å². The average Bonchev–Trinajstić information content (AvgIpc) is 2.22. The molecule has 0 amide bonds. The Labute approximate surface area is 90.2 Å². The van der Waals surface area contributed by atoms with Gasteiger partial charge >= 0.3 is 5.97 Å². The standard InChI is InChI=1S/C11H20O4/c1-2-15-10(13)11(14)6-3-9(4-7-11)5-8-12/h9,12,14H,2-8H2,1H3. The van der Waals surface area contributed by atoms with Crippen LogP contribution in [0.2, 0.25) is 0 Å². The van der Waals surface area contributed by atoms with Gasteiger partial charge in [-0.15, -0.1) is 0 Å². The number of carbonyl (C=O) groups is 1. The third-order valence-electron chi connectivity index (χ3n) is 3.13. The second-order valence-corrected chi connectivity index (χ2v) is 4.21. The Balaban J connectivity index is 2.43. The summed E-state index contributed by atoms with van der Waals surface area (Å²) >= 11 is 0. The Bertz CT molecular complexity index is 207. The molecule has 0 aromatic heterocycles. The summed E-state index contributed by atoms with van der Waals surface area (Å²) in [4.78, 5) is 11.5. The van der Waals surface area contributed by atoms with Crippen molar-refractivity contribution in [2.45, 2.75) is 44.6 Å². The van der Waals surface area contributed by atoms with Crippen molar-refractivity contribution < 1.29 is 19.7 Å². The van der Waals surface area contributed by atoms with Crippen LogP contribution in [0, 0.1) is 5.92 Å². The average molecular weight is 216 g/mol. The predicted octanol–water partition coefficient (Wildman–Crippen LogP) is 0.853. The van der Waals surface area contributed by atoms with Crippen molar-refractivity contribution in [3.8, 4) is 0 Å². The van der Waals surface area contributed by atoms with E-state index in [0.29, 0.717) is 25.4 Å². The molecular weight excluding hydrogens is 196 g/mol. The molecule has 0 bridgehead atoms. The van der Waals surface area contributed by atoms with Gasteiger partial charge in [-0.05, 0) is 44.9 Å². The van der Waals surface area contributed by atoms with Crippen LogP contribution in [0.5, 0.6) is 0 Å². The van der Waals surface area contributed by atoms with Crippen LogP contribution in [0.1, 0.15) is 39.0 Å². The summed E-state index contributed by atoms with van der Waals surface area (Å²) in [5.74, 6) is -0.0582. The van der Waals surface area contributed by atoms with Crippen LogP contribution in [-0.4, -0.2) is 35.0 Å². The number of ether oxygens (including phenoxy) is 1. The zero-order chi connectivity index (χ0) is 11.3. The first-order valence-electron chi connectivity index (χ1n) is 5.63. The number of carbonyl (C=O) groups excluding carboxylic acids is 1. The van der Waals surface area contributed by atoms with Crippen molar-refractivity contribution >= 4 is 5.97 Å². The van der Waals surface area contributed by atoms with E-state index in [0.717, 1.165) is 19.3 Å². The number of esters is 1. The molecule has 1 rings (SSSR count). The second-order valence-electron chi connectivity index (χ2n) is 4.21. The van der Waals surface area contributed by atoms with Gasteiger partial charge in [-0.2, -0.15) is 0 Å². The summed E-state index contributed by atoms with van der Waals surface area (Å²) in [5.41, 5.74) is -1.28. The number of hydrogen-bond donors (Lipinski definition) is 2. The van der Waals surface area contributed by atoms with Crippen LogP contribution >= 0.6 is 0 Å². The Morgan fingerprint density at radius 3 is 2.53 bits per heavy atom. The maximum atomic E-state index is 11.5. The van der Waals surface area contributed by atoms with Gasteiger partial charge in [-0.1, -0.05) is 0 Å². The van der Waals surface area contributed by atoms with Gasteiger partial charge in [0.05, 0.1) is 6.61 Å². The summed E-state index contributed by atoms with van der Waals surface area (Å²) in [6, 6.07) is 0. The van der Waals surface area contributed by atoms with E-state index in [4.69, 9.17) is 9.84 Å². The van der Waals surface area contributed by atoms with Gasteiger partial charge in [0.25, 0.3) is 0 Å². The first kappa shape index (κ1) is 12.5. The van der Waals surface area contributed by atoms with Gasteiger partial charge in [-0.3, -0.25) is 0 Å². The lowest BCUT2D eigenvalue weighted by Crippen LogP contribution is -2.43. The van der Waals surface area contributed by atoms with E-state index < -0.39 is 11.6 Å². The minimum absolute atomic E-state index is 0.183. The lowest BCUT2D eigenvalue weighted by atomic mass is 9.78. The van der Waals surface area contributed by atoms with Crippen LogP contribution in [0.4, 0.5) is 0 Å². The Hall–Kier alpha value is -0.610. The molecule has 2 N–H and O–H groups in total. The maximum Gasteiger partial charge on any atom is 0.338 e. The molecule has 0 spiro atoms. The maximum absolute atomic E-state index is 11.5. The van der Waals surface area contributed by atoms with Gasteiger partial charge in [0, 0.05) is 6.61 Å². The van der Waals surface area contributed by atoms with Crippen LogP contribution in [0.15, 0.2) is 0 Å². The molecule has 1 fully saturated rings. The van der Waals surface area contributed by atoms with E-state index in [1.807, 2.05) is 0 Å². The predicted molar refractivity (Wildman–Crippen MR) is 55.2 cm³/mol. The van der Waals surface area contributed by atoms with E-state index in [9.17, 15) is 9.90 Å². The molecule has 0 aromatic carbocycles. The molecule has 1 aliphatic rings. The molecule has 4 nitrogen and oxygen atoms in total. The van der Waals surface area contributed by atoms with Crippen molar-refractivity contribution in [1.29, 1.82) is 0 Å². The molecular formula is C11H20O4. The lowest BCUT2D eigenvalue weighted by molar-refractivity contribution is -0.169. The number of aliphatic hydroxyl groups is 2. The summed E-state index contributed by atoms with van der Waals surface area (Å²) in [5, 5.41) is 18.8. The fourth-order valence-corrected chi connectivity index (χ4v) is 2.10. The summed E-state index contributed by atoms with van der Waals surface area (Å²) in [6.45, 7) is 2.22. The van der Waals surface area contributed by atoms with Gasteiger partial charge in [0.2, 0.25) is 0 Å². The highest BCUT2D eigenvalue weighted by atomic mass is 16.5. The molecule has 1 aliphatic carbocycles. The van der Waals surface area contributed by atoms with Crippen LogP contribution in [0.25, 0.3) is 0 Å². The number of hydrogen-bond acceptors (Lipinski definition) is 4. The number of rotatable bonds is 4. The second kappa shape index (κ2) is 5.47. The van der Waals surface area contributed by atoms with Gasteiger partial charge in [0.15, 0.2) is 5.60 Å². The highest BCUT2D eigenvalue weighted by Crippen LogP contribution is 2.34. The largest absolute Gasteiger partial charge is 0.464 e. The number of aliphatic hydroxyl groups excluding tert-OH is 1. The minimum Gasteiger partial charge on any atom is -0.464 e. The highest BCUT2D eigenvalue weighted by molar-refractivity contribution is 5.79. The van der Waals surface area contributed by atoms with Gasteiger partial charge < -0.3 is 14.9 Å². The molecule has 15 heavy (non-hydrogen) atoms. The Kier molecular flexibility index (Phi) is 4.54. The SMILES string of the molecule is CCOC(=O)C1(O)CCC(CCO)CC1. The molecule has 0 saturated heterocycles. The van der Waals surface area contributed by atoms with Crippen molar-refractivity contribution in [3.63, 3.8) is 0 Å². The quantitative estimate of drug-likeness (QED) is 0.684. The Morgan fingerprint density at radius 2 is 2.07 bits per heavy atom. The smallest absolute Gasteiger partial charge is 0.338 e. The van der Waals surface area contributed by atoms with Crippen molar-refractivity contribution in [2.75, 3.05) is 13.2 Å². The van der Waals surface area contributed by atoms with Crippen molar-refractivity contribution in [2.24, 2.45) is 5.92 Å². The van der Waals surface area contributed by atoms with Crippen LogP contribution in [0.3, 0.4) is 0 Å². The summed E-state index contributed by atoms with van der Waals surface area (Å²) in [7, 11) is 0. The van der Waals surface area contributed by atoms with E-state index in [2.05, 4.69) is 0 Å². The molecule has 4 heteroatoms. The monoisotopic (exact) mass is 216 g/mol. The fourth-order valence-electron chi connectivity index (χ4n) is 2.10. The van der Waals surface area contributed by atoms with E-state index in [-0.39, 0.29) is 6.61 Å². The fraction of sp³-hybridized carbons (Fsp3) is 0.909. The molecule has 0 aliphatic heterocycles. The highest BCUT2D eigenvalue weighted by Gasteiger charge is 2.40. The summed E-state index contributed by atoms with van der Waals surface area (Å²) in [6.07, 6.45) is 3.25. The zero-order valence-corrected chi connectivity index (χ0v) is 9.24. The van der Waals surface area contributed by atoms with E-state index in [1.54, 1.807) is 6.92 Å². The van der Waals surface area contributed by atoms with Gasteiger partial charge in [-0.25, -0.2) is 4.79 Å². The first-order valence-corrected chi connectivity index (χ1v) is 5.63. The third kappa shape index (κ3) is 3.18. The zero-order valence-electron chi connectivity index (χ0n) is 9.24. The molecule has 0 aromatic rings. The summed E-state index contributed by atoms with van der Waals surface area (Å²) < 4.78 is 4.84. The molecule has 0 heterocycles. The molecule has 0 atom stereocenters.